The zero-order chi connectivity index (χ0) is 15.3. The fraction of sp³-hybridized carbons (Fsp3) is 0.625. The third-order valence-corrected chi connectivity index (χ3v) is 3.98. The van der Waals surface area contributed by atoms with Crippen molar-refractivity contribution in [3.05, 3.63) is 35.4 Å². The maximum Gasteiger partial charge on any atom is 0.131 e. The van der Waals surface area contributed by atoms with Crippen LogP contribution in [0.5, 0.6) is 0 Å². The minimum Gasteiger partial charge on any atom is -0.381 e. The molecule has 21 heavy (non-hydrogen) atoms. The van der Waals surface area contributed by atoms with E-state index in [0.29, 0.717) is 44.8 Å². The molecule has 0 saturated carbocycles. The fourth-order valence-electron chi connectivity index (χ4n) is 3.04. The van der Waals surface area contributed by atoms with Crippen LogP contribution in [0.25, 0.3) is 0 Å². The Bertz CT molecular complexity index is 456. The molecule has 1 aliphatic heterocycles. The summed E-state index contributed by atoms with van der Waals surface area (Å²) in [6.45, 7) is 6.30. The van der Waals surface area contributed by atoms with Crippen LogP contribution >= 0.6 is 0 Å². The van der Waals surface area contributed by atoms with Crippen LogP contribution in [-0.2, 0) is 9.47 Å². The molecule has 1 saturated heterocycles. The quantitative estimate of drug-likeness (QED) is 0.875. The van der Waals surface area contributed by atoms with Crippen LogP contribution in [0.3, 0.4) is 0 Å². The third kappa shape index (κ3) is 3.59. The molecule has 0 bridgehead atoms. The number of hydrogen-bond acceptors (Lipinski definition) is 3. The van der Waals surface area contributed by atoms with E-state index in [2.05, 4.69) is 5.32 Å². The second-order valence-electron chi connectivity index (χ2n) is 5.27. The molecule has 0 aromatic heterocycles. The normalized spacial score (nSPS) is 19.4. The summed E-state index contributed by atoms with van der Waals surface area (Å²) in [6.07, 6.45) is 1.38. The van der Waals surface area contributed by atoms with E-state index in [1.807, 2.05) is 13.8 Å². The Balaban J connectivity index is 2.39. The standard InChI is InChI=1S/C16H23F2NO2/c1-3-19-15(13-6-5-12(17)11-14(13)18)16(21-4-2)7-9-20-10-8-16/h5-6,11,15,19H,3-4,7-10H2,1-2H3. The van der Waals surface area contributed by atoms with Crippen LogP contribution in [0, 0.1) is 11.6 Å². The molecule has 2 rings (SSSR count). The predicted octanol–water partition coefficient (Wildman–Crippen LogP) is 3.20. The molecule has 3 nitrogen and oxygen atoms in total. The Hall–Kier alpha value is -1.04. The molecule has 1 atom stereocenters. The molecule has 1 aliphatic rings. The highest BCUT2D eigenvalue weighted by atomic mass is 19.1. The molecule has 0 aliphatic carbocycles. The summed E-state index contributed by atoms with van der Waals surface area (Å²) in [5.41, 5.74) is -0.0598. The van der Waals surface area contributed by atoms with Gasteiger partial charge in [-0.2, -0.15) is 0 Å². The number of benzene rings is 1. The van der Waals surface area contributed by atoms with Crippen molar-refractivity contribution in [1.29, 1.82) is 0 Å². The van der Waals surface area contributed by atoms with Gasteiger partial charge in [0.2, 0.25) is 0 Å². The second kappa shape index (κ2) is 7.29. The molecule has 1 unspecified atom stereocenters. The van der Waals surface area contributed by atoms with Crippen LogP contribution in [0.4, 0.5) is 8.78 Å². The summed E-state index contributed by atoms with van der Waals surface area (Å²) in [5, 5.41) is 3.31. The van der Waals surface area contributed by atoms with E-state index in [9.17, 15) is 8.78 Å². The van der Waals surface area contributed by atoms with Crippen LogP contribution in [0.15, 0.2) is 18.2 Å². The molecular weight excluding hydrogens is 276 g/mol. The van der Waals surface area contributed by atoms with Gasteiger partial charge in [0.15, 0.2) is 0 Å². The molecule has 0 spiro atoms. The SMILES string of the molecule is CCNC(c1ccc(F)cc1F)C1(OCC)CCOCC1. The van der Waals surface area contributed by atoms with Gasteiger partial charge >= 0.3 is 0 Å². The topological polar surface area (TPSA) is 30.5 Å². The molecule has 1 aromatic carbocycles. The van der Waals surface area contributed by atoms with Gasteiger partial charge in [0.25, 0.3) is 0 Å². The lowest BCUT2D eigenvalue weighted by atomic mass is 9.81. The summed E-state index contributed by atoms with van der Waals surface area (Å²) >= 11 is 0. The molecule has 1 fully saturated rings. The molecular formula is C16H23F2NO2. The van der Waals surface area contributed by atoms with E-state index in [-0.39, 0.29) is 6.04 Å². The van der Waals surface area contributed by atoms with Crippen LogP contribution < -0.4 is 5.32 Å². The molecule has 1 aromatic rings. The number of ether oxygens (including phenoxy) is 2. The first-order chi connectivity index (χ1) is 10.1. The first kappa shape index (κ1) is 16.3. The van der Waals surface area contributed by atoms with Gasteiger partial charge in [-0.25, -0.2) is 8.78 Å². The predicted molar refractivity (Wildman–Crippen MR) is 77.2 cm³/mol. The van der Waals surface area contributed by atoms with Gasteiger partial charge < -0.3 is 14.8 Å². The number of nitrogens with one attached hydrogen (secondary N) is 1. The van der Waals surface area contributed by atoms with Crippen LogP contribution in [0.1, 0.15) is 38.3 Å². The Morgan fingerprint density at radius 2 is 2.00 bits per heavy atom. The Kier molecular flexibility index (Phi) is 5.67. The highest BCUT2D eigenvalue weighted by Crippen LogP contribution is 2.38. The van der Waals surface area contributed by atoms with E-state index >= 15 is 0 Å². The minimum absolute atomic E-state index is 0.313. The van der Waals surface area contributed by atoms with Crippen molar-refractivity contribution in [2.75, 3.05) is 26.4 Å². The number of halogens is 2. The fourth-order valence-corrected chi connectivity index (χ4v) is 3.04. The average Bonchev–Trinajstić information content (AvgIpc) is 2.47. The second-order valence-corrected chi connectivity index (χ2v) is 5.27. The van der Waals surface area contributed by atoms with E-state index in [1.54, 1.807) is 0 Å². The van der Waals surface area contributed by atoms with E-state index in [4.69, 9.17) is 9.47 Å². The largest absolute Gasteiger partial charge is 0.381 e. The lowest BCUT2D eigenvalue weighted by molar-refractivity contribution is -0.128. The van der Waals surface area contributed by atoms with Crippen molar-refractivity contribution in [2.24, 2.45) is 0 Å². The Labute approximate surface area is 124 Å². The zero-order valence-electron chi connectivity index (χ0n) is 12.6. The van der Waals surface area contributed by atoms with E-state index < -0.39 is 17.2 Å². The van der Waals surface area contributed by atoms with E-state index in [0.717, 1.165) is 6.07 Å². The molecule has 0 radical (unpaired) electrons. The maximum atomic E-state index is 14.2. The average molecular weight is 299 g/mol. The van der Waals surface area contributed by atoms with Crippen LogP contribution in [-0.4, -0.2) is 32.0 Å². The molecule has 0 amide bonds. The lowest BCUT2D eigenvalue weighted by Crippen LogP contribution is -2.50. The first-order valence-corrected chi connectivity index (χ1v) is 7.53. The molecule has 5 heteroatoms. The van der Waals surface area contributed by atoms with Gasteiger partial charge in [-0.15, -0.1) is 0 Å². The summed E-state index contributed by atoms with van der Waals surface area (Å²) in [5.74, 6) is -1.10. The smallest absolute Gasteiger partial charge is 0.131 e. The Morgan fingerprint density at radius 1 is 1.29 bits per heavy atom. The van der Waals surface area contributed by atoms with E-state index in [1.165, 1.54) is 12.1 Å². The van der Waals surface area contributed by atoms with Gasteiger partial charge in [0.05, 0.1) is 11.6 Å². The number of rotatable bonds is 6. The van der Waals surface area contributed by atoms with Crippen molar-refractivity contribution in [1.82, 2.24) is 5.32 Å². The highest BCUT2D eigenvalue weighted by molar-refractivity contribution is 5.25. The first-order valence-electron chi connectivity index (χ1n) is 7.53. The van der Waals surface area contributed by atoms with Gasteiger partial charge in [-0.3, -0.25) is 0 Å². The van der Waals surface area contributed by atoms with Crippen molar-refractivity contribution in [3.8, 4) is 0 Å². The summed E-state index contributed by atoms with van der Waals surface area (Å²) in [7, 11) is 0. The lowest BCUT2D eigenvalue weighted by Gasteiger charge is -2.43. The minimum atomic E-state index is -0.566. The molecule has 1 heterocycles. The Morgan fingerprint density at radius 3 is 2.57 bits per heavy atom. The number of likely N-dealkylation sites (N-methyl/N-ethyl adjacent to an activating group) is 1. The van der Waals surface area contributed by atoms with Crippen molar-refractivity contribution in [3.63, 3.8) is 0 Å². The summed E-state index contributed by atoms with van der Waals surface area (Å²) in [6, 6.07) is 3.42. The van der Waals surface area contributed by atoms with Gasteiger partial charge in [-0.1, -0.05) is 13.0 Å². The monoisotopic (exact) mass is 299 g/mol. The molecule has 118 valence electrons. The molecule has 1 N–H and O–H groups in total. The highest BCUT2D eigenvalue weighted by Gasteiger charge is 2.42. The third-order valence-electron chi connectivity index (χ3n) is 3.98. The van der Waals surface area contributed by atoms with Crippen molar-refractivity contribution >= 4 is 0 Å². The van der Waals surface area contributed by atoms with Crippen molar-refractivity contribution < 1.29 is 18.3 Å². The van der Waals surface area contributed by atoms with Crippen molar-refractivity contribution in [2.45, 2.75) is 38.3 Å². The van der Waals surface area contributed by atoms with Crippen LogP contribution in [0.2, 0.25) is 0 Å². The van der Waals surface area contributed by atoms with Gasteiger partial charge in [-0.05, 0) is 19.5 Å². The number of hydrogen-bond donors (Lipinski definition) is 1. The summed E-state index contributed by atoms with van der Waals surface area (Å²) < 4.78 is 38.8. The maximum absolute atomic E-state index is 14.2. The summed E-state index contributed by atoms with van der Waals surface area (Å²) in [4.78, 5) is 0. The van der Waals surface area contributed by atoms with Gasteiger partial charge in [0, 0.05) is 44.3 Å². The van der Waals surface area contributed by atoms with Gasteiger partial charge in [0.1, 0.15) is 11.6 Å². The zero-order valence-corrected chi connectivity index (χ0v) is 12.6.